The van der Waals surface area contributed by atoms with Crippen LogP contribution in [0, 0.1) is 13.8 Å². The molecule has 23 heavy (non-hydrogen) atoms. The van der Waals surface area contributed by atoms with E-state index in [9.17, 15) is 4.79 Å². The minimum atomic E-state index is -1.17. The summed E-state index contributed by atoms with van der Waals surface area (Å²) in [7, 11) is -1.17. The molecule has 0 bridgehead atoms. The molecule has 1 saturated heterocycles. The summed E-state index contributed by atoms with van der Waals surface area (Å²) >= 11 is 0. The van der Waals surface area contributed by atoms with Crippen LogP contribution in [-0.4, -0.2) is 24.2 Å². The number of nitrogens with one attached hydrogen (secondary N) is 1. The van der Waals surface area contributed by atoms with Gasteiger partial charge in [0.1, 0.15) is 5.73 Å². The predicted octanol–water partition coefficient (Wildman–Crippen LogP) is 3.57. The maximum atomic E-state index is 15.1. The van der Waals surface area contributed by atoms with Crippen molar-refractivity contribution in [1.29, 1.82) is 0 Å². The van der Waals surface area contributed by atoms with E-state index >= 15 is 4.39 Å². The fourth-order valence-electron chi connectivity index (χ4n) is 2.88. The van der Waals surface area contributed by atoms with Crippen LogP contribution < -0.4 is 5.32 Å². The Bertz CT molecular complexity index is 724. The summed E-state index contributed by atoms with van der Waals surface area (Å²) in [6, 6.07) is 3.79. The Kier molecular flexibility index (Phi) is 3.47. The van der Waals surface area contributed by atoms with E-state index in [4.69, 9.17) is 9.31 Å². The van der Waals surface area contributed by atoms with Crippen LogP contribution in [0.4, 0.5) is 10.1 Å². The number of aryl methyl sites for hydroxylation is 2. The zero-order valence-corrected chi connectivity index (χ0v) is 14.3. The van der Waals surface area contributed by atoms with Gasteiger partial charge in [-0.05, 0) is 52.7 Å². The summed E-state index contributed by atoms with van der Waals surface area (Å²) in [5, 5.41) is 2.75. The van der Waals surface area contributed by atoms with Gasteiger partial charge in [-0.15, -0.1) is 0 Å². The van der Waals surface area contributed by atoms with Gasteiger partial charge < -0.3 is 14.6 Å². The van der Waals surface area contributed by atoms with E-state index in [0.717, 1.165) is 11.1 Å². The van der Waals surface area contributed by atoms with Gasteiger partial charge in [0.05, 0.1) is 22.5 Å². The zero-order valence-electron chi connectivity index (χ0n) is 14.3. The van der Waals surface area contributed by atoms with E-state index in [1.165, 1.54) is 0 Å². The van der Waals surface area contributed by atoms with Crippen molar-refractivity contribution < 1.29 is 18.5 Å². The van der Waals surface area contributed by atoms with Crippen LogP contribution in [0.3, 0.4) is 0 Å². The van der Waals surface area contributed by atoms with E-state index in [1.54, 1.807) is 0 Å². The van der Waals surface area contributed by atoms with Crippen LogP contribution in [0.5, 0.6) is 0 Å². The maximum absolute atomic E-state index is 15.1. The van der Waals surface area contributed by atoms with Crippen LogP contribution >= 0.6 is 0 Å². The van der Waals surface area contributed by atoms with Crippen LogP contribution in [0.1, 0.15) is 44.4 Å². The van der Waals surface area contributed by atoms with Crippen LogP contribution in [-0.2, 0) is 14.1 Å². The molecule has 0 radical (unpaired) electrons. The van der Waals surface area contributed by atoms with Crippen molar-refractivity contribution >= 4 is 24.3 Å². The lowest BCUT2D eigenvalue weighted by atomic mass is 9.82. The number of carbonyl (C=O) groups is 1. The van der Waals surface area contributed by atoms with E-state index < -0.39 is 30.0 Å². The summed E-state index contributed by atoms with van der Waals surface area (Å²) in [5.41, 5.74) is 1.03. The van der Waals surface area contributed by atoms with Crippen molar-refractivity contribution in [2.24, 2.45) is 0 Å². The van der Waals surface area contributed by atoms with Gasteiger partial charge in [0, 0.05) is 5.56 Å². The number of anilines is 1. The maximum Gasteiger partial charge on any atom is 0.526 e. The number of benzene rings is 1. The molecule has 1 aromatic carbocycles. The fraction of sp³-hybridized carbons (Fsp3) is 0.471. The van der Waals surface area contributed by atoms with Gasteiger partial charge in [0.15, 0.2) is 0 Å². The number of halogens is 1. The molecule has 2 aliphatic rings. The Morgan fingerprint density at radius 1 is 1.09 bits per heavy atom. The van der Waals surface area contributed by atoms with Crippen LogP contribution in [0.15, 0.2) is 17.9 Å². The number of hydrogen-bond acceptors (Lipinski definition) is 3. The van der Waals surface area contributed by atoms with Gasteiger partial charge in [-0.25, -0.2) is 4.39 Å². The molecule has 122 valence electrons. The highest BCUT2D eigenvalue weighted by Gasteiger charge is 2.54. The number of amides is 1. The fourth-order valence-corrected chi connectivity index (χ4v) is 2.88. The zero-order chi connectivity index (χ0) is 17.2. The van der Waals surface area contributed by atoms with Crippen molar-refractivity contribution in [3.63, 3.8) is 0 Å². The average molecular weight is 317 g/mol. The minimum absolute atomic E-state index is 0.0136. The minimum Gasteiger partial charge on any atom is -0.398 e. The standard InChI is InChI=1S/C17H21BFNO3/c1-9-7-8-10(2)13-11(9)12(15(21)20-13)14(19)18-22-16(3,4)17(5,6)23-18/h7-8H,1-6H3,(H,20,21). The Balaban J connectivity index is 2.11. The molecule has 0 unspecified atom stereocenters. The molecule has 2 heterocycles. The van der Waals surface area contributed by atoms with Crippen LogP contribution in [0.25, 0.3) is 5.57 Å². The van der Waals surface area contributed by atoms with Gasteiger partial charge in [-0.3, -0.25) is 4.79 Å². The molecule has 4 nitrogen and oxygen atoms in total. The Morgan fingerprint density at radius 2 is 1.61 bits per heavy atom. The Hall–Kier alpha value is -1.66. The smallest absolute Gasteiger partial charge is 0.398 e. The third kappa shape index (κ3) is 2.32. The third-order valence-corrected chi connectivity index (χ3v) is 5.04. The molecule has 1 fully saturated rings. The molecule has 6 heteroatoms. The lowest BCUT2D eigenvalue weighted by Crippen LogP contribution is -2.41. The SMILES string of the molecule is Cc1ccc(C)c2c1NC(=O)C2=C(F)B1OC(C)(C)C(C)(C)O1. The number of rotatable bonds is 1. The van der Waals surface area contributed by atoms with E-state index in [1.807, 2.05) is 53.7 Å². The summed E-state index contributed by atoms with van der Waals surface area (Å²) in [5.74, 6) is -0.454. The summed E-state index contributed by atoms with van der Waals surface area (Å²) in [4.78, 5) is 12.3. The summed E-state index contributed by atoms with van der Waals surface area (Å²) in [6.07, 6.45) is 0. The van der Waals surface area contributed by atoms with Gasteiger partial charge in [-0.2, -0.15) is 0 Å². The summed E-state index contributed by atoms with van der Waals surface area (Å²) < 4.78 is 26.6. The molecule has 0 aromatic heterocycles. The molecule has 3 rings (SSSR count). The molecular formula is C17H21BFNO3. The Labute approximate surface area is 136 Å². The van der Waals surface area contributed by atoms with Crippen LogP contribution in [0.2, 0.25) is 0 Å². The van der Waals surface area contributed by atoms with Crippen molar-refractivity contribution in [3.05, 3.63) is 34.5 Å². The van der Waals surface area contributed by atoms with Crippen molar-refractivity contribution in [2.75, 3.05) is 5.32 Å². The van der Waals surface area contributed by atoms with Gasteiger partial charge >= 0.3 is 7.12 Å². The topological polar surface area (TPSA) is 47.6 Å². The molecular weight excluding hydrogens is 296 g/mol. The van der Waals surface area contributed by atoms with E-state index in [0.29, 0.717) is 11.3 Å². The molecule has 1 aromatic rings. The first-order valence-corrected chi connectivity index (χ1v) is 7.72. The molecule has 0 spiro atoms. The van der Waals surface area contributed by atoms with Crippen molar-refractivity contribution in [2.45, 2.75) is 52.7 Å². The summed E-state index contributed by atoms with van der Waals surface area (Å²) in [6.45, 7) is 11.1. The quantitative estimate of drug-likeness (QED) is 0.636. The Morgan fingerprint density at radius 3 is 2.17 bits per heavy atom. The second kappa shape index (κ2) is 4.92. The molecule has 0 saturated carbocycles. The van der Waals surface area contributed by atoms with Crippen molar-refractivity contribution in [1.82, 2.24) is 0 Å². The lowest BCUT2D eigenvalue weighted by molar-refractivity contribution is -0.110. The predicted molar refractivity (Wildman–Crippen MR) is 88.7 cm³/mol. The number of hydrogen-bond donors (Lipinski definition) is 1. The lowest BCUT2D eigenvalue weighted by Gasteiger charge is -2.32. The molecule has 0 atom stereocenters. The number of carbonyl (C=O) groups excluding carboxylic acids is 1. The van der Waals surface area contributed by atoms with Crippen molar-refractivity contribution in [3.8, 4) is 0 Å². The largest absolute Gasteiger partial charge is 0.526 e. The molecule has 1 N–H and O–H groups in total. The van der Waals surface area contributed by atoms with E-state index in [2.05, 4.69) is 5.32 Å². The first-order chi connectivity index (χ1) is 10.5. The third-order valence-electron chi connectivity index (χ3n) is 5.04. The number of fused-ring (bicyclic) bond motifs is 1. The highest BCUT2D eigenvalue weighted by molar-refractivity contribution is 6.58. The second-order valence-corrected chi connectivity index (χ2v) is 7.21. The second-order valence-electron chi connectivity index (χ2n) is 7.21. The van der Waals surface area contributed by atoms with Gasteiger partial charge in [-0.1, -0.05) is 12.1 Å². The van der Waals surface area contributed by atoms with E-state index in [-0.39, 0.29) is 5.57 Å². The normalized spacial score (nSPS) is 23.8. The average Bonchev–Trinajstić information content (AvgIpc) is 2.89. The van der Waals surface area contributed by atoms with Gasteiger partial charge in [0.25, 0.3) is 5.91 Å². The highest BCUT2D eigenvalue weighted by atomic mass is 19.1. The first kappa shape index (κ1) is 16.2. The monoisotopic (exact) mass is 317 g/mol. The molecule has 1 amide bonds. The highest BCUT2D eigenvalue weighted by Crippen LogP contribution is 2.43. The van der Waals surface area contributed by atoms with Gasteiger partial charge in [0.2, 0.25) is 0 Å². The first-order valence-electron chi connectivity index (χ1n) is 7.72. The molecule has 2 aliphatic heterocycles. The molecule has 0 aliphatic carbocycles.